The number of Topliss-reactive ketones (excluding diaryl/α,β-unsaturated/α-hetero) is 1. The van der Waals surface area contributed by atoms with Crippen LogP contribution >= 0.6 is 11.6 Å². The van der Waals surface area contributed by atoms with Gasteiger partial charge in [0.15, 0.2) is 11.9 Å². The van der Waals surface area contributed by atoms with E-state index in [1.54, 1.807) is 46.1 Å². The Morgan fingerprint density at radius 2 is 1.86 bits per heavy atom. The van der Waals surface area contributed by atoms with Gasteiger partial charge in [0.25, 0.3) is 0 Å². The number of ketones is 1. The van der Waals surface area contributed by atoms with Gasteiger partial charge >= 0.3 is 6.09 Å². The van der Waals surface area contributed by atoms with Crippen molar-refractivity contribution in [1.82, 2.24) is 5.32 Å². The Hall–Kier alpha value is -2.86. The summed E-state index contributed by atoms with van der Waals surface area (Å²) in [7, 11) is 1.58. The summed E-state index contributed by atoms with van der Waals surface area (Å²) >= 11 is 6.03. The van der Waals surface area contributed by atoms with Crippen LogP contribution in [0.2, 0.25) is 5.02 Å². The van der Waals surface area contributed by atoms with Gasteiger partial charge in [-0.25, -0.2) is 4.79 Å². The molecule has 0 saturated carbocycles. The summed E-state index contributed by atoms with van der Waals surface area (Å²) in [6.07, 6.45) is -1.63. The first-order valence-corrected chi connectivity index (χ1v) is 9.57. The highest BCUT2D eigenvalue weighted by Crippen LogP contribution is 2.26. The average molecular weight is 415 g/mol. The quantitative estimate of drug-likeness (QED) is 0.818. The highest BCUT2D eigenvalue weighted by molar-refractivity contribution is 6.30. The fraction of sp³-hybridized carbons (Fsp3) is 0.318. The Kier molecular flexibility index (Phi) is 5.94. The van der Waals surface area contributed by atoms with Gasteiger partial charge in [0.1, 0.15) is 11.4 Å². The number of aliphatic imine (C=N–C) groups is 1. The number of hydrogen-bond acceptors (Lipinski definition) is 5. The number of amides is 1. The molecule has 7 heteroatoms. The molecule has 1 amide bonds. The predicted molar refractivity (Wildman–Crippen MR) is 112 cm³/mol. The Balaban J connectivity index is 2.06. The second kappa shape index (κ2) is 8.25. The predicted octanol–water partition coefficient (Wildman–Crippen LogP) is 4.16. The monoisotopic (exact) mass is 414 g/mol. The first-order valence-electron chi connectivity index (χ1n) is 9.19. The smallest absolute Gasteiger partial charge is 0.409 e. The number of ether oxygens (including phenoxy) is 2. The van der Waals surface area contributed by atoms with E-state index in [4.69, 9.17) is 21.1 Å². The van der Waals surface area contributed by atoms with Crippen LogP contribution in [0, 0.1) is 0 Å². The molecule has 3 rings (SSSR count). The first-order chi connectivity index (χ1) is 13.7. The maximum atomic E-state index is 12.8. The zero-order valence-electron chi connectivity index (χ0n) is 16.8. The normalized spacial score (nSPS) is 16.4. The molecule has 0 bridgehead atoms. The molecule has 0 fully saturated rings. The first kappa shape index (κ1) is 20.9. The van der Waals surface area contributed by atoms with Crippen LogP contribution < -0.4 is 10.1 Å². The molecule has 0 aromatic heterocycles. The molecule has 152 valence electrons. The van der Waals surface area contributed by atoms with E-state index >= 15 is 0 Å². The Labute approximate surface area is 174 Å². The number of rotatable bonds is 3. The van der Waals surface area contributed by atoms with Crippen molar-refractivity contribution in [3.63, 3.8) is 0 Å². The van der Waals surface area contributed by atoms with Gasteiger partial charge in [-0.15, -0.1) is 0 Å². The third kappa shape index (κ3) is 5.15. The van der Waals surface area contributed by atoms with E-state index in [2.05, 4.69) is 10.3 Å². The number of methoxy groups -OCH3 is 1. The minimum absolute atomic E-state index is 0.125. The number of nitrogens with one attached hydrogen (secondary N) is 1. The van der Waals surface area contributed by atoms with E-state index in [1.807, 2.05) is 24.3 Å². The zero-order valence-corrected chi connectivity index (χ0v) is 17.5. The lowest BCUT2D eigenvalue weighted by Crippen LogP contribution is -2.43. The summed E-state index contributed by atoms with van der Waals surface area (Å²) in [5, 5.41) is 3.18. The van der Waals surface area contributed by atoms with Gasteiger partial charge in [0.05, 0.1) is 12.8 Å². The summed E-state index contributed by atoms with van der Waals surface area (Å²) in [6, 6.07) is 12.6. The maximum Gasteiger partial charge on any atom is 0.409 e. The lowest BCUT2D eigenvalue weighted by molar-refractivity contribution is -0.120. The minimum Gasteiger partial charge on any atom is -0.497 e. The molecule has 1 N–H and O–H groups in total. The van der Waals surface area contributed by atoms with Crippen LogP contribution in [0.15, 0.2) is 47.5 Å². The minimum atomic E-state index is -1.06. The fourth-order valence-corrected chi connectivity index (χ4v) is 3.11. The molecule has 6 nitrogen and oxygen atoms in total. The van der Waals surface area contributed by atoms with Crippen molar-refractivity contribution in [2.45, 2.75) is 39.0 Å². The van der Waals surface area contributed by atoms with Crippen molar-refractivity contribution in [3.05, 3.63) is 64.2 Å². The van der Waals surface area contributed by atoms with Crippen LogP contribution in [0.1, 0.15) is 37.5 Å². The number of halogens is 1. The van der Waals surface area contributed by atoms with Crippen molar-refractivity contribution in [2.75, 3.05) is 7.11 Å². The van der Waals surface area contributed by atoms with Gasteiger partial charge in [0.2, 0.25) is 0 Å². The van der Waals surface area contributed by atoms with Crippen LogP contribution in [0.3, 0.4) is 0 Å². The summed E-state index contributed by atoms with van der Waals surface area (Å²) in [5.41, 5.74) is 2.24. The molecule has 0 saturated heterocycles. The van der Waals surface area contributed by atoms with Gasteiger partial charge in [-0.05, 0) is 50.6 Å². The van der Waals surface area contributed by atoms with Crippen LogP contribution in [-0.2, 0) is 16.0 Å². The van der Waals surface area contributed by atoms with Gasteiger partial charge in [-0.2, -0.15) is 0 Å². The van der Waals surface area contributed by atoms with Crippen LogP contribution in [0.25, 0.3) is 0 Å². The van der Waals surface area contributed by atoms with Crippen LogP contribution in [0.5, 0.6) is 5.75 Å². The Morgan fingerprint density at radius 3 is 2.48 bits per heavy atom. The largest absolute Gasteiger partial charge is 0.497 e. The number of fused-ring (bicyclic) bond motifs is 1. The molecular weight excluding hydrogens is 392 g/mol. The van der Waals surface area contributed by atoms with E-state index in [1.165, 1.54) is 0 Å². The van der Waals surface area contributed by atoms with Crippen molar-refractivity contribution in [2.24, 2.45) is 4.99 Å². The second-order valence-electron chi connectivity index (χ2n) is 7.70. The number of alkyl carbamates (subject to hydrolysis) is 1. The summed E-state index contributed by atoms with van der Waals surface area (Å²) in [5.74, 6) is 0.419. The molecule has 29 heavy (non-hydrogen) atoms. The zero-order chi connectivity index (χ0) is 21.2. The number of hydrogen-bond donors (Lipinski definition) is 1. The molecule has 0 radical (unpaired) electrons. The van der Waals surface area contributed by atoms with E-state index in [0.717, 1.165) is 16.7 Å². The molecule has 2 aromatic rings. The third-order valence-corrected chi connectivity index (χ3v) is 4.52. The summed E-state index contributed by atoms with van der Waals surface area (Å²) in [6.45, 7) is 5.27. The number of benzene rings is 2. The standard InChI is InChI=1S/C22H23ClN2O4/c1-22(2,3)29-21(27)25-20-18(26)11-14-7-10-16(28-4)12-17(14)19(24-20)13-5-8-15(23)9-6-13/h5-10,12,20H,11H2,1-4H3,(H,25,27). The SMILES string of the molecule is COc1ccc2c(c1)C(c1ccc(Cl)cc1)=NC(NC(=O)OC(C)(C)C)C(=O)C2. The summed E-state index contributed by atoms with van der Waals surface area (Å²) in [4.78, 5) is 29.7. The molecular formula is C22H23ClN2O4. The second-order valence-corrected chi connectivity index (χ2v) is 8.14. The Morgan fingerprint density at radius 1 is 1.17 bits per heavy atom. The van der Waals surface area contributed by atoms with Crippen molar-refractivity contribution in [3.8, 4) is 5.75 Å². The fourth-order valence-electron chi connectivity index (χ4n) is 2.98. The van der Waals surface area contributed by atoms with E-state index in [9.17, 15) is 9.59 Å². The molecule has 2 aromatic carbocycles. The number of carbonyl (C=O) groups is 2. The molecule has 1 aliphatic rings. The van der Waals surface area contributed by atoms with Crippen molar-refractivity contribution >= 4 is 29.2 Å². The van der Waals surface area contributed by atoms with Gasteiger partial charge in [0, 0.05) is 22.6 Å². The average Bonchev–Trinajstić information content (AvgIpc) is 2.77. The van der Waals surface area contributed by atoms with Crippen LogP contribution in [0.4, 0.5) is 4.79 Å². The molecule has 1 unspecified atom stereocenters. The third-order valence-electron chi connectivity index (χ3n) is 4.27. The van der Waals surface area contributed by atoms with E-state index in [-0.39, 0.29) is 12.2 Å². The van der Waals surface area contributed by atoms with Crippen molar-refractivity contribution < 1.29 is 19.1 Å². The molecule has 1 aliphatic heterocycles. The summed E-state index contributed by atoms with van der Waals surface area (Å²) < 4.78 is 10.6. The molecule has 1 heterocycles. The lowest BCUT2D eigenvalue weighted by atomic mass is 9.95. The molecule has 1 atom stereocenters. The van der Waals surface area contributed by atoms with Crippen molar-refractivity contribution in [1.29, 1.82) is 0 Å². The van der Waals surface area contributed by atoms with E-state index < -0.39 is 17.9 Å². The lowest BCUT2D eigenvalue weighted by Gasteiger charge is -2.21. The van der Waals surface area contributed by atoms with E-state index in [0.29, 0.717) is 16.5 Å². The highest BCUT2D eigenvalue weighted by Gasteiger charge is 2.29. The Bertz CT molecular complexity index is 962. The maximum absolute atomic E-state index is 12.8. The van der Waals surface area contributed by atoms with Crippen LogP contribution in [-0.4, -0.2) is 36.5 Å². The van der Waals surface area contributed by atoms with Gasteiger partial charge in [-0.1, -0.05) is 29.8 Å². The van der Waals surface area contributed by atoms with Gasteiger partial charge in [-0.3, -0.25) is 15.1 Å². The number of carbonyl (C=O) groups excluding carboxylic acids is 2. The number of nitrogens with zero attached hydrogens (tertiary/aromatic N) is 1. The molecule has 0 spiro atoms. The molecule has 0 aliphatic carbocycles. The highest BCUT2D eigenvalue weighted by atomic mass is 35.5. The topological polar surface area (TPSA) is 77.0 Å². The van der Waals surface area contributed by atoms with Gasteiger partial charge < -0.3 is 9.47 Å².